The number of nitro groups is 1. The smallest absolute Gasteiger partial charge is 0.295 e. The molecule has 5 rings (SSSR count). The molecule has 0 fully saturated rings. The molecule has 0 radical (unpaired) electrons. The maximum atomic E-state index is 13.5. The Kier molecular flexibility index (Phi) is 7.05. The molecule has 2 N–H and O–H groups in total. The third-order valence-electron chi connectivity index (χ3n) is 6.75. The lowest BCUT2D eigenvalue weighted by atomic mass is 9.85. The summed E-state index contributed by atoms with van der Waals surface area (Å²) < 4.78 is 31.7. The summed E-state index contributed by atoms with van der Waals surface area (Å²) in [5, 5.41) is 33.1. The summed E-state index contributed by atoms with van der Waals surface area (Å²) in [7, 11) is -4.14. The highest BCUT2D eigenvalue weighted by molar-refractivity contribution is 7.93. The number of hydrogen-bond acceptors (Lipinski definition) is 10. The first-order chi connectivity index (χ1) is 19.3. The topological polar surface area (TPSA) is 164 Å². The second kappa shape index (κ2) is 10.3. The highest BCUT2D eigenvalue weighted by atomic mass is 32.2. The molecule has 2 unspecified atom stereocenters. The molecule has 1 aliphatic heterocycles. The first-order valence-electron chi connectivity index (χ1n) is 12.3. The largest absolute Gasteiger partial charge is 0.503 e. The maximum Gasteiger partial charge on any atom is 0.295 e. The summed E-state index contributed by atoms with van der Waals surface area (Å²) in [5.74, 6) is -1.46. The number of nitrogens with zero attached hydrogens (tertiary/aromatic N) is 3. The number of sulfone groups is 1. The molecule has 4 aromatic rings. The van der Waals surface area contributed by atoms with Crippen LogP contribution < -0.4 is 4.90 Å². The number of aromatic nitrogens is 1. The van der Waals surface area contributed by atoms with Gasteiger partial charge in [-0.25, -0.2) is 13.4 Å². The number of amides is 1. The number of carbonyl (C=O) groups excluding carboxylic acids is 1. The molecule has 2 atom stereocenters. The van der Waals surface area contributed by atoms with Crippen molar-refractivity contribution in [2.45, 2.75) is 47.4 Å². The third kappa shape index (κ3) is 5.03. The lowest BCUT2D eigenvalue weighted by Crippen LogP contribution is -2.30. The molecule has 0 bridgehead atoms. The number of hydrogen-bond donors (Lipinski definition) is 2. The van der Waals surface area contributed by atoms with Crippen molar-refractivity contribution in [1.82, 2.24) is 4.98 Å². The zero-order valence-corrected chi connectivity index (χ0v) is 23.7. The van der Waals surface area contributed by atoms with Gasteiger partial charge in [-0.15, -0.1) is 0 Å². The van der Waals surface area contributed by atoms with Crippen molar-refractivity contribution in [2.24, 2.45) is 0 Å². The fraction of sp³-hybridized carbons (Fsp3) is 0.214. The summed E-state index contributed by atoms with van der Waals surface area (Å²) in [4.78, 5) is 29.0. The molecule has 41 heavy (non-hydrogen) atoms. The number of nitro benzene ring substituents is 1. The summed E-state index contributed by atoms with van der Waals surface area (Å²) in [6.07, 6.45) is 0.963. The van der Waals surface area contributed by atoms with Gasteiger partial charge in [0.15, 0.2) is 10.9 Å². The van der Waals surface area contributed by atoms with Gasteiger partial charge in [0.1, 0.15) is 16.1 Å². The summed E-state index contributed by atoms with van der Waals surface area (Å²) in [6.45, 7) is 6.15. The van der Waals surface area contributed by atoms with Gasteiger partial charge >= 0.3 is 0 Å². The van der Waals surface area contributed by atoms with Crippen LogP contribution in [0, 0.1) is 10.1 Å². The standard InChI is InChI=1S/C28H25N3O8S2/c1-28(2,3)17-8-6-16(7-9-17)23-22(24(32)20-5-4-14-39-20)25(33)26(34)30(23)27-29-15-21(40-27)41(37,38)19-12-10-18(11-13-19)31(35)36/h4-15,23-24,32-33H,1-3H3. The molecule has 1 aliphatic rings. The Morgan fingerprint density at radius 3 is 2.32 bits per heavy atom. The molecule has 0 aliphatic carbocycles. The van der Waals surface area contributed by atoms with E-state index in [-0.39, 0.29) is 36.7 Å². The number of anilines is 1. The van der Waals surface area contributed by atoms with Crippen LogP contribution in [0.1, 0.15) is 49.8 Å². The molecule has 11 nitrogen and oxygen atoms in total. The average molecular weight is 596 g/mol. The van der Waals surface area contributed by atoms with Crippen LogP contribution >= 0.6 is 11.3 Å². The van der Waals surface area contributed by atoms with E-state index in [1.807, 2.05) is 32.9 Å². The normalized spacial score (nSPS) is 16.8. The molecule has 0 saturated heterocycles. The van der Waals surface area contributed by atoms with Gasteiger partial charge in [0.25, 0.3) is 11.6 Å². The molecule has 3 heterocycles. The average Bonchev–Trinajstić information content (AvgIpc) is 3.69. The lowest BCUT2D eigenvalue weighted by Gasteiger charge is -2.27. The molecule has 1 amide bonds. The van der Waals surface area contributed by atoms with E-state index < -0.39 is 38.6 Å². The van der Waals surface area contributed by atoms with Gasteiger partial charge in [-0.05, 0) is 40.8 Å². The van der Waals surface area contributed by atoms with Crippen molar-refractivity contribution >= 4 is 37.9 Å². The minimum Gasteiger partial charge on any atom is -0.503 e. The lowest BCUT2D eigenvalue weighted by molar-refractivity contribution is -0.384. The zero-order valence-electron chi connectivity index (χ0n) is 22.1. The highest BCUT2D eigenvalue weighted by Crippen LogP contribution is 2.47. The van der Waals surface area contributed by atoms with Crippen molar-refractivity contribution in [3.05, 3.63) is 111 Å². The fourth-order valence-corrected chi connectivity index (χ4v) is 7.09. The van der Waals surface area contributed by atoms with Gasteiger partial charge in [0.05, 0.1) is 28.3 Å². The van der Waals surface area contributed by atoms with Gasteiger partial charge in [0, 0.05) is 17.7 Å². The molecule has 212 valence electrons. The Balaban J connectivity index is 1.58. The third-order valence-corrected chi connectivity index (χ3v) is 9.98. The fourth-order valence-electron chi connectivity index (χ4n) is 4.54. The van der Waals surface area contributed by atoms with Crippen LogP contribution in [-0.4, -0.2) is 34.4 Å². The Hall–Kier alpha value is -4.33. The van der Waals surface area contributed by atoms with E-state index in [4.69, 9.17) is 4.42 Å². The Morgan fingerprint density at radius 1 is 1.10 bits per heavy atom. The number of thiazole rings is 1. The van der Waals surface area contributed by atoms with Crippen LogP contribution in [0.3, 0.4) is 0 Å². The van der Waals surface area contributed by atoms with E-state index in [0.717, 1.165) is 40.9 Å². The van der Waals surface area contributed by atoms with E-state index >= 15 is 0 Å². The van der Waals surface area contributed by atoms with Crippen molar-refractivity contribution < 1.29 is 32.8 Å². The Labute approximate surface area is 239 Å². The van der Waals surface area contributed by atoms with Gasteiger partial charge in [-0.2, -0.15) is 0 Å². The molecular weight excluding hydrogens is 570 g/mol. The number of aliphatic hydroxyl groups excluding tert-OH is 2. The summed E-state index contributed by atoms with van der Waals surface area (Å²) in [6, 6.07) is 13.8. The van der Waals surface area contributed by atoms with Crippen molar-refractivity contribution in [3.8, 4) is 0 Å². The van der Waals surface area contributed by atoms with Crippen LogP contribution in [0.2, 0.25) is 0 Å². The van der Waals surface area contributed by atoms with E-state index in [1.54, 1.807) is 18.2 Å². The van der Waals surface area contributed by atoms with Gasteiger partial charge in [-0.3, -0.25) is 19.8 Å². The highest BCUT2D eigenvalue weighted by Gasteiger charge is 2.46. The maximum absolute atomic E-state index is 13.5. The number of rotatable bonds is 7. The number of benzene rings is 2. The van der Waals surface area contributed by atoms with Crippen molar-refractivity contribution in [2.75, 3.05) is 4.90 Å². The molecule has 13 heteroatoms. The SMILES string of the molecule is CC(C)(C)c1ccc(C2C(C(O)c3ccco3)=C(O)C(=O)N2c2ncc(S(=O)(=O)c3ccc([N+](=O)[O-])cc3)s2)cc1. The second-order valence-corrected chi connectivity index (χ2v) is 13.6. The van der Waals surface area contributed by atoms with Crippen LogP contribution in [0.15, 0.2) is 98.0 Å². The van der Waals surface area contributed by atoms with Crippen LogP contribution in [0.4, 0.5) is 10.8 Å². The van der Waals surface area contributed by atoms with E-state index in [2.05, 4.69) is 4.98 Å². The number of aliphatic hydroxyl groups is 2. The van der Waals surface area contributed by atoms with Crippen LogP contribution in [-0.2, 0) is 20.0 Å². The van der Waals surface area contributed by atoms with Gasteiger partial charge in [-0.1, -0.05) is 56.4 Å². The first-order valence-corrected chi connectivity index (χ1v) is 14.6. The van der Waals surface area contributed by atoms with Crippen LogP contribution in [0.5, 0.6) is 0 Å². The monoisotopic (exact) mass is 595 g/mol. The van der Waals surface area contributed by atoms with Crippen LogP contribution in [0.25, 0.3) is 0 Å². The molecular formula is C28H25N3O8S2. The van der Waals surface area contributed by atoms with Gasteiger partial charge < -0.3 is 14.6 Å². The van der Waals surface area contributed by atoms with E-state index in [9.17, 15) is 33.5 Å². The van der Waals surface area contributed by atoms with E-state index in [0.29, 0.717) is 16.9 Å². The summed E-state index contributed by atoms with van der Waals surface area (Å²) >= 11 is 0.695. The molecule has 0 spiro atoms. The van der Waals surface area contributed by atoms with Crippen molar-refractivity contribution in [3.63, 3.8) is 0 Å². The predicted molar refractivity (Wildman–Crippen MR) is 149 cm³/mol. The second-order valence-electron chi connectivity index (χ2n) is 10.4. The number of furan rings is 1. The minimum atomic E-state index is -4.14. The first kappa shape index (κ1) is 28.2. The molecule has 0 saturated carbocycles. The quantitative estimate of drug-likeness (QED) is 0.210. The number of non-ortho nitro benzene ring substituents is 1. The number of carbonyl (C=O) groups is 1. The Morgan fingerprint density at radius 2 is 1.76 bits per heavy atom. The zero-order chi connectivity index (χ0) is 29.7. The summed E-state index contributed by atoms with van der Waals surface area (Å²) in [5.41, 5.74) is 1.11. The minimum absolute atomic E-state index is 0.0337. The van der Waals surface area contributed by atoms with E-state index in [1.165, 1.54) is 12.3 Å². The Bertz CT molecular complexity index is 1750. The predicted octanol–water partition coefficient (Wildman–Crippen LogP) is 5.41. The van der Waals surface area contributed by atoms with Gasteiger partial charge in [0.2, 0.25) is 9.84 Å². The van der Waals surface area contributed by atoms with Crippen molar-refractivity contribution in [1.29, 1.82) is 0 Å². The molecule has 2 aromatic heterocycles. The molecule has 2 aromatic carbocycles.